The summed E-state index contributed by atoms with van der Waals surface area (Å²) in [6, 6.07) is 6.27. The molecule has 1 saturated heterocycles. The van der Waals surface area contributed by atoms with Crippen LogP contribution in [0.5, 0.6) is 11.5 Å². The predicted molar refractivity (Wildman–Crippen MR) is 75.8 cm³/mol. The molecule has 3 nitrogen and oxygen atoms in total. The fraction of sp³-hybridized carbons (Fsp3) is 0.625. The van der Waals surface area contributed by atoms with E-state index in [1.165, 1.54) is 44.3 Å². The van der Waals surface area contributed by atoms with Gasteiger partial charge in [0, 0.05) is 11.5 Å². The van der Waals surface area contributed by atoms with Crippen molar-refractivity contribution in [3.63, 3.8) is 0 Å². The molecule has 3 rings (SSSR count). The first-order valence-electron chi connectivity index (χ1n) is 7.50. The van der Waals surface area contributed by atoms with Crippen molar-refractivity contribution < 1.29 is 9.84 Å². The van der Waals surface area contributed by atoms with Crippen molar-refractivity contribution in [1.82, 2.24) is 4.90 Å². The van der Waals surface area contributed by atoms with Crippen LogP contribution >= 0.6 is 0 Å². The van der Waals surface area contributed by atoms with E-state index < -0.39 is 0 Å². The van der Waals surface area contributed by atoms with E-state index in [4.69, 9.17) is 4.74 Å². The van der Waals surface area contributed by atoms with E-state index in [1.807, 2.05) is 6.07 Å². The standard InChI is InChI=1S/C16H23NO2/c1-2-3-9-17-10-5-7-12-13-6-4-8-15(18)16(13)19-11-14(12)17/h4,6,8,12,14,18H,2-3,5,7,9-11H2,1H3/t12-,14+/m1/s1. The molecule has 1 aromatic rings. The molecule has 0 aromatic heterocycles. The fourth-order valence-corrected chi connectivity index (χ4v) is 3.51. The molecular weight excluding hydrogens is 238 g/mol. The number of hydrogen-bond acceptors (Lipinski definition) is 3. The fourth-order valence-electron chi connectivity index (χ4n) is 3.51. The number of aromatic hydroxyl groups is 1. The number of phenols is 1. The summed E-state index contributed by atoms with van der Waals surface area (Å²) in [7, 11) is 0. The first-order valence-corrected chi connectivity index (χ1v) is 7.50. The van der Waals surface area contributed by atoms with E-state index in [0.29, 0.717) is 17.7 Å². The van der Waals surface area contributed by atoms with Gasteiger partial charge in [0.25, 0.3) is 0 Å². The van der Waals surface area contributed by atoms with Gasteiger partial charge in [-0.15, -0.1) is 0 Å². The van der Waals surface area contributed by atoms with Crippen LogP contribution in [-0.2, 0) is 0 Å². The van der Waals surface area contributed by atoms with E-state index in [2.05, 4.69) is 17.9 Å². The Morgan fingerprint density at radius 2 is 2.32 bits per heavy atom. The minimum Gasteiger partial charge on any atom is -0.504 e. The molecule has 0 bridgehead atoms. The van der Waals surface area contributed by atoms with E-state index >= 15 is 0 Å². The van der Waals surface area contributed by atoms with E-state index in [-0.39, 0.29) is 0 Å². The van der Waals surface area contributed by atoms with Crippen molar-refractivity contribution in [3.05, 3.63) is 23.8 Å². The molecule has 0 radical (unpaired) electrons. The van der Waals surface area contributed by atoms with Gasteiger partial charge in [-0.3, -0.25) is 4.90 Å². The third kappa shape index (κ3) is 2.32. The van der Waals surface area contributed by atoms with Crippen molar-refractivity contribution in [2.45, 2.75) is 44.6 Å². The lowest BCUT2D eigenvalue weighted by atomic mass is 9.81. The average Bonchev–Trinajstić information content (AvgIpc) is 2.45. The summed E-state index contributed by atoms with van der Waals surface area (Å²) in [5.41, 5.74) is 1.21. The number of piperidine rings is 1. The number of para-hydroxylation sites is 1. The number of likely N-dealkylation sites (tertiary alicyclic amines) is 1. The molecule has 1 fully saturated rings. The normalized spacial score (nSPS) is 26.4. The highest BCUT2D eigenvalue weighted by molar-refractivity contribution is 5.49. The van der Waals surface area contributed by atoms with Gasteiger partial charge in [0.15, 0.2) is 11.5 Å². The molecule has 2 aliphatic heterocycles. The highest BCUT2D eigenvalue weighted by atomic mass is 16.5. The van der Waals surface area contributed by atoms with Gasteiger partial charge in [-0.1, -0.05) is 25.5 Å². The highest BCUT2D eigenvalue weighted by Gasteiger charge is 2.37. The molecular formula is C16H23NO2. The Balaban J connectivity index is 1.85. The largest absolute Gasteiger partial charge is 0.504 e. The molecule has 19 heavy (non-hydrogen) atoms. The highest BCUT2D eigenvalue weighted by Crippen LogP contribution is 2.44. The van der Waals surface area contributed by atoms with Crippen molar-refractivity contribution >= 4 is 0 Å². The molecule has 0 saturated carbocycles. The maximum atomic E-state index is 9.92. The predicted octanol–water partition coefficient (Wildman–Crippen LogP) is 3.13. The molecule has 1 N–H and O–H groups in total. The molecule has 2 heterocycles. The van der Waals surface area contributed by atoms with Crippen LogP contribution in [0, 0.1) is 0 Å². The number of fused-ring (bicyclic) bond motifs is 3. The molecule has 104 valence electrons. The quantitative estimate of drug-likeness (QED) is 0.907. The number of hydrogen-bond donors (Lipinski definition) is 1. The maximum absolute atomic E-state index is 9.92. The monoisotopic (exact) mass is 261 g/mol. The summed E-state index contributed by atoms with van der Waals surface area (Å²) in [4.78, 5) is 2.59. The van der Waals surface area contributed by atoms with Crippen LogP contribution in [0.1, 0.15) is 44.1 Å². The zero-order valence-electron chi connectivity index (χ0n) is 11.6. The van der Waals surface area contributed by atoms with Gasteiger partial charge >= 0.3 is 0 Å². The van der Waals surface area contributed by atoms with Crippen LogP contribution in [0.15, 0.2) is 18.2 Å². The summed E-state index contributed by atoms with van der Waals surface area (Å²) in [5, 5.41) is 9.92. The van der Waals surface area contributed by atoms with Gasteiger partial charge in [-0.25, -0.2) is 0 Å². The molecule has 3 heteroatoms. The Kier molecular flexibility index (Phi) is 3.65. The minimum atomic E-state index is 0.293. The first-order chi connectivity index (χ1) is 9.31. The van der Waals surface area contributed by atoms with Crippen molar-refractivity contribution in [2.24, 2.45) is 0 Å². The Hall–Kier alpha value is -1.22. The Bertz CT molecular complexity index is 446. The zero-order valence-corrected chi connectivity index (χ0v) is 11.6. The number of benzene rings is 1. The smallest absolute Gasteiger partial charge is 0.164 e. The molecule has 1 aromatic carbocycles. The van der Waals surface area contributed by atoms with Crippen molar-refractivity contribution in [3.8, 4) is 11.5 Å². The average molecular weight is 261 g/mol. The second kappa shape index (κ2) is 5.41. The van der Waals surface area contributed by atoms with Crippen LogP contribution in [0.3, 0.4) is 0 Å². The van der Waals surface area contributed by atoms with E-state index in [9.17, 15) is 5.11 Å². The summed E-state index contributed by atoms with van der Waals surface area (Å²) in [6.07, 6.45) is 4.97. The first kappa shape index (κ1) is 12.8. The van der Waals surface area contributed by atoms with Crippen molar-refractivity contribution in [1.29, 1.82) is 0 Å². The Labute approximate surface area is 115 Å². The topological polar surface area (TPSA) is 32.7 Å². The molecule has 0 unspecified atom stereocenters. The van der Waals surface area contributed by atoms with Crippen LogP contribution < -0.4 is 4.74 Å². The minimum absolute atomic E-state index is 0.293. The molecule has 0 aliphatic carbocycles. The summed E-state index contributed by atoms with van der Waals surface area (Å²) < 4.78 is 5.84. The number of ether oxygens (including phenoxy) is 1. The third-order valence-corrected chi connectivity index (χ3v) is 4.52. The lowest BCUT2D eigenvalue weighted by Crippen LogP contribution is -2.49. The van der Waals surface area contributed by atoms with Gasteiger partial charge in [0.2, 0.25) is 0 Å². The lowest BCUT2D eigenvalue weighted by molar-refractivity contribution is 0.0632. The van der Waals surface area contributed by atoms with Crippen LogP contribution in [0.2, 0.25) is 0 Å². The van der Waals surface area contributed by atoms with E-state index in [1.54, 1.807) is 6.07 Å². The number of rotatable bonds is 3. The summed E-state index contributed by atoms with van der Waals surface area (Å²) >= 11 is 0. The van der Waals surface area contributed by atoms with Crippen LogP contribution in [-0.4, -0.2) is 35.7 Å². The van der Waals surface area contributed by atoms with E-state index in [0.717, 1.165) is 12.4 Å². The second-order valence-corrected chi connectivity index (χ2v) is 5.71. The lowest BCUT2D eigenvalue weighted by Gasteiger charge is -2.44. The van der Waals surface area contributed by atoms with Crippen molar-refractivity contribution in [2.75, 3.05) is 19.7 Å². The van der Waals surface area contributed by atoms with Gasteiger partial charge < -0.3 is 9.84 Å². The molecule has 0 spiro atoms. The molecule has 2 aliphatic rings. The number of phenolic OH excluding ortho intramolecular Hbond substituents is 1. The Morgan fingerprint density at radius 1 is 1.42 bits per heavy atom. The van der Waals surface area contributed by atoms with Crippen LogP contribution in [0.4, 0.5) is 0 Å². The zero-order chi connectivity index (χ0) is 13.2. The number of nitrogens with zero attached hydrogens (tertiary/aromatic N) is 1. The van der Waals surface area contributed by atoms with Crippen LogP contribution in [0.25, 0.3) is 0 Å². The maximum Gasteiger partial charge on any atom is 0.164 e. The van der Waals surface area contributed by atoms with Gasteiger partial charge in [0.05, 0.1) is 6.04 Å². The number of unbranched alkanes of at least 4 members (excludes halogenated alkanes) is 1. The molecule has 2 atom stereocenters. The SMILES string of the molecule is CCCCN1CCC[C@@H]2c3cccc(O)c3OC[C@@H]21. The summed E-state index contributed by atoms with van der Waals surface area (Å²) in [6.45, 7) is 5.33. The van der Waals surface area contributed by atoms with Gasteiger partial charge in [0.1, 0.15) is 6.61 Å². The molecule has 0 amide bonds. The Morgan fingerprint density at radius 3 is 3.16 bits per heavy atom. The third-order valence-electron chi connectivity index (χ3n) is 4.52. The summed E-state index contributed by atoms with van der Waals surface area (Å²) in [5.74, 6) is 1.55. The van der Waals surface area contributed by atoms with Gasteiger partial charge in [-0.05, 0) is 38.4 Å². The second-order valence-electron chi connectivity index (χ2n) is 5.71. The van der Waals surface area contributed by atoms with Gasteiger partial charge in [-0.2, -0.15) is 0 Å².